The lowest BCUT2D eigenvalue weighted by Crippen LogP contribution is -1.97. The highest BCUT2D eigenvalue weighted by Crippen LogP contribution is 2.14. The summed E-state index contributed by atoms with van der Waals surface area (Å²) in [6.07, 6.45) is -1.30. The van der Waals surface area contributed by atoms with Crippen molar-refractivity contribution in [1.29, 1.82) is 5.26 Å². The molecule has 0 bridgehead atoms. The molecule has 11 heavy (non-hydrogen) atoms. The van der Waals surface area contributed by atoms with Crippen LogP contribution in [0.5, 0.6) is 0 Å². The number of hydrogen-bond donors (Lipinski definition) is 0. The van der Waals surface area contributed by atoms with Crippen molar-refractivity contribution in [1.82, 2.24) is 9.97 Å². The summed E-state index contributed by atoms with van der Waals surface area (Å²) < 4.78 is 24.5. The van der Waals surface area contributed by atoms with Crippen LogP contribution in [0.15, 0.2) is 0 Å². The van der Waals surface area contributed by atoms with E-state index in [-0.39, 0.29) is 0 Å². The number of aromatic nitrogens is 2. The van der Waals surface area contributed by atoms with Gasteiger partial charge in [-0.25, -0.2) is 0 Å². The minimum absolute atomic E-state index is 0.503. The van der Waals surface area contributed by atoms with Crippen LogP contribution in [0.25, 0.3) is 0 Å². The highest BCUT2D eigenvalue weighted by molar-refractivity contribution is 6.31. The van der Waals surface area contributed by atoms with E-state index in [1.807, 2.05) is 0 Å². The molecule has 6 heteroatoms. The Bertz CT molecular complexity index is 333. The van der Waals surface area contributed by atoms with Crippen LogP contribution in [-0.2, 0) is 0 Å². The lowest BCUT2D eigenvalue weighted by atomic mass is 10.4. The summed E-state index contributed by atoms with van der Waals surface area (Å²) in [5.74, 6) is -1.23. The summed E-state index contributed by atoms with van der Waals surface area (Å²) in [5, 5.41) is 7.65. The van der Waals surface area contributed by atoms with Crippen LogP contribution in [0.4, 0.5) is 8.78 Å². The van der Waals surface area contributed by atoms with Crippen LogP contribution < -0.4 is 0 Å². The zero-order valence-electron chi connectivity index (χ0n) is 4.98. The number of nitrogens with zero attached hydrogens (tertiary/aromatic N) is 3. The first kappa shape index (κ1) is 7.82. The SMILES string of the molecule is N#Cc1nc(F)nc(F)c1Cl. The second-order valence-corrected chi connectivity index (χ2v) is 1.94. The Kier molecular flexibility index (Phi) is 1.96. The molecule has 0 amide bonds. The number of halogens is 3. The van der Waals surface area contributed by atoms with Crippen molar-refractivity contribution < 1.29 is 8.78 Å². The van der Waals surface area contributed by atoms with E-state index in [0.29, 0.717) is 0 Å². The normalized spacial score (nSPS) is 9.27. The van der Waals surface area contributed by atoms with Gasteiger partial charge in [-0.05, 0) is 0 Å². The molecular formula is C5ClF2N3. The fourth-order valence-corrected chi connectivity index (χ4v) is 0.595. The van der Waals surface area contributed by atoms with Gasteiger partial charge < -0.3 is 0 Å². The molecule has 1 rings (SSSR count). The number of rotatable bonds is 0. The maximum absolute atomic E-state index is 12.4. The Balaban J connectivity index is 3.39. The van der Waals surface area contributed by atoms with Gasteiger partial charge in [0.25, 0.3) is 0 Å². The fourth-order valence-electron chi connectivity index (χ4n) is 0.468. The van der Waals surface area contributed by atoms with E-state index in [0.717, 1.165) is 0 Å². The lowest BCUT2D eigenvalue weighted by Gasteiger charge is -1.93. The maximum atomic E-state index is 12.4. The molecule has 0 aliphatic carbocycles. The molecule has 56 valence electrons. The van der Waals surface area contributed by atoms with E-state index in [2.05, 4.69) is 9.97 Å². The molecule has 0 aliphatic rings. The van der Waals surface area contributed by atoms with Crippen LogP contribution in [0, 0.1) is 23.4 Å². The zero-order chi connectivity index (χ0) is 8.43. The van der Waals surface area contributed by atoms with E-state index in [1.165, 1.54) is 6.07 Å². The van der Waals surface area contributed by atoms with Crippen LogP contribution >= 0.6 is 11.6 Å². The van der Waals surface area contributed by atoms with Gasteiger partial charge in [-0.2, -0.15) is 24.0 Å². The number of hydrogen-bond acceptors (Lipinski definition) is 3. The van der Waals surface area contributed by atoms with Gasteiger partial charge in [0.05, 0.1) is 0 Å². The van der Waals surface area contributed by atoms with E-state index in [9.17, 15) is 8.78 Å². The highest BCUT2D eigenvalue weighted by atomic mass is 35.5. The largest absolute Gasteiger partial charge is 0.312 e. The predicted molar refractivity (Wildman–Crippen MR) is 31.7 cm³/mol. The van der Waals surface area contributed by atoms with Crippen LogP contribution in [0.3, 0.4) is 0 Å². The van der Waals surface area contributed by atoms with Crippen molar-refractivity contribution in [3.8, 4) is 6.07 Å². The van der Waals surface area contributed by atoms with Crippen molar-refractivity contribution in [3.63, 3.8) is 0 Å². The predicted octanol–water partition coefficient (Wildman–Crippen LogP) is 1.28. The molecule has 0 unspecified atom stereocenters. The average molecular weight is 176 g/mol. The minimum atomic E-state index is -1.30. The smallest absolute Gasteiger partial charge is 0.191 e. The molecule has 1 aromatic heterocycles. The van der Waals surface area contributed by atoms with Gasteiger partial charge in [0.15, 0.2) is 5.69 Å². The van der Waals surface area contributed by atoms with Crippen LogP contribution in [0.2, 0.25) is 5.02 Å². The fraction of sp³-hybridized carbons (Fsp3) is 0. The highest BCUT2D eigenvalue weighted by Gasteiger charge is 2.10. The second-order valence-electron chi connectivity index (χ2n) is 1.56. The summed E-state index contributed by atoms with van der Waals surface area (Å²) >= 11 is 5.18. The molecule has 0 radical (unpaired) electrons. The van der Waals surface area contributed by atoms with Gasteiger partial charge in [-0.3, -0.25) is 0 Å². The van der Waals surface area contributed by atoms with E-state index < -0.39 is 22.7 Å². The Labute approximate surface area is 65.3 Å². The molecule has 0 saturated heterocycles. The van der Waals surface area contributed by atoms with Gasteiger partial charge in [0.1, 0.15) is 11.1 Å². The topological polar surface area (TPSA) is 49.6 Å². The molecular weight excluding hydrogens is 176 g/mol. The molecule has 0 saturated carbocycles. The maximum Gasteiger partial charge on any atom is 0.312 e. The monoisotopic (exact) mass is 175 g/mol. The second kappa shape index (κ2) is 2.76. The molecule has 3 nitrogen and oxygen atoms in total. The third kappa shape index (κ3) is 1.41. The summed E-state index contributed by atoms with van der Waals surface area (Å²) in [7, 11) is 0. The number of nitriles is 1. The van der Waals surface area contributed by atoms with Gasteiger partial charge in [-0.1, -0.05) is 11.6 Å². The van der Waals surface area contributed by atoms with Crippen molar-refractivity contribution in [2.24, 2.45) is 0 Å². The zero-order valence-corrected chi connectivity index (χ0v) is 5.73. The Morgan fingerprint density at radius 2 is 2.00 bits per heavy atom. The summed E-state index contributed by atoms with van der Waals surface area (Å²) in [6, 6.07) is 1.41. The Morgan fingerprint density at radius 3 is 2.55 bits per heavy atom. The van der Waals surface area contributed by atoms with Crippen molar-refractivity contribution in [3.05, 3.63) is 22.7 Å². The average Bonchev–Trinajstić information content (AvgIpc) is 1.96. The van der Waals surface area contributed by atoms with Crippen molar-refractivity contribution >= 4 is 11.6 Å². The van der Waals surface area contributed by atoms with Crippen LogP contribution in [-0.4, -0.2) is 9.97 Å². The molecule has 0 aromatic carbocycles. The first-order valence-electron chi connectivity index (χ1n) is 2.43. The van der Waals surface area contributed by atoms with Gasteiger partial charge in [0.2, 0.25) is 5.95 Å². The summed E-state index contributed by atoms with van der Waals surface area (Å²) in [4.78, 5) is 5.60. The first-order valence-corrected chi connectivity index (χ1v) is 2.81. The first-order chi connectivity index (χ1) is 5.15. The summed E-state index contributed by atoms with van der Waals surface area (Å²) in [6.45, 7) is 0. The summed E-state index contributed by atoms with van der Waals surface area (Å²) in [5.41, 5.74) is -0.503. The van der Waals surface area contributed by atoms with Crippen molar-refractivity contribution in [2.45, 2.75) is 0 Å². The molecule has 0 N–H and O–H groups in total. The van der Waals surface area contributed by atoms with E-state index >= 15 is 0 Å². The molecule has 0 atom stereocenters. The minimum Gasteiger partial charge on any atom is -0.191 e. The third-order valence-corrected chi connectivity index (χ3v) is 1.22. The van der Waals surface area contributed by atoms with Crippen LogP contribution in [0.1, 0.15) is 5.69 Å². The van der Waals surface area contributed by atoms with Crippen molar-refractivity contribution in [2.75, 3.05) is 0 Å². The van der Waals surface area contributed by atoms with E-state index in [1.54, 1.807) is 0 Å². The molecule has 1 heterocycles. The molecule has 1 aromatic rings. The molecule has 0 spiro atoms. The quantitative estimate of drug-likeness (QED) is 0.441. The Morgan fingerprint density at radius 1 is 1.36 bits per heavy atom. The van der Waals surface area contributed by atoms with E-state index in [4.69, 9.17) is 16.9 Å². The Hall–Kier alpha value is -1.28. The standard InChI is InChI=1S/C5ClF2N3/c6-3-2(1-9)10-5(8)11-4(3)7. The van der Waals surface area contributed by atoms with Gasteiger partial charge in [0, 0.05) is 0 Å². The van der Waals surface area contributed by atoms with Gasteiger partial charge in [-0.15, -0.1) is 0 Å². The third-order valence-electron chi connectivity index (χ3n) is 0.889. The molecule has 0 aliphatic heterocycles. The lowest BCUT2D eigenvalue weighted by molar-refractivity contribution is 0.481. The van der Waals surface area contributed by atoms with Gasteiger partial charge >= 0.3 is 6.08 Å². The molecule has 0 fully saturated rings.